The Morgan fingerprint density at radius 2 is 2.29 bits per heavy atom. The van der Waals surface area contributed by atoms with Crippen molar-refractivity contribution in [2.75, 3.05) is 13.7 Å². The summed E-state index contributed by atoms with van der Waals surface area (Å²) in [6.45, 7) is 2.70. The van der Waals surface area contributed by atoms with Gasteiger partial charge in [0.2, 0.25) is 0 Å². The predicted octanol–water partition coefficient (Wildman–Crippen LogP) is 1.77. The van der Waals surface area contributed by atoms with E-state index in [1.54, 1.807) is 24.8 Å². The van der Waals surface area contributed by atoms with Gasteiger partial charge in [-0.05, 0) is 12.5 Å². The van der Waals surface area contributed by atoms with Crippen LogP contribution in [-0.4, -0.2) is 29.7 Å². The van der Waals surface area contributed by atoms with Crippen molar-refractivity contribution in [3.05, 3.63) is 23.0 Å². The van der Waals surface area contributed by atoms with E-state index in [2.05, 4.69) is 23.0 Å². The third kappa shape index (κ3) is 2.80. The molecule has 0 aliphatic rings. The van der Waals surface area contributed by atoms with E-state index in [0.29, 0.717) is 6.61 Å². The fraction of sp³-hybridized carbons (Fsp3) is 0.500. The number of thiophene rings is 1. The zero-order valence-corrected chi connectivity index (χ0v) is 11.0. The molecular weight excluding hydrogens is 234 g/mol. The third-order valence-corrected chi connectivity index (χ3v) is 3.84. The van der Waals surface area contributed by atoms with E-state index in [1.165, 1.54) is 4.88 Å². The highest BCUT2D eigenvalue weighted by molar-refractivity contribution is 7.18. The number of ether oxygens (including phenoxy) is 1. The Balaban J connectivity index is 2.30. The van der Waals surface area contributed by atoms with Gasteiger partial charge in [0.05, 0.1) is 12.3 Å². The first kappa shape index (κ1) is 12.4. The molecule has 92 valence electrons. The first-order chi connectivity index (χ1) is 8.24. The van der Waals surface area contributed by atoms with Crippen LogP contribution in [0.4, 0.5) is 0 Å². The molecule has 0 fully saturated rings. The van der Waals surface area contributed by atoms with Crippen molar-refractivity contribution in [3.8, 4) is 0 Å². The monoisotopic (exact) mass is 251 g/mol. The van der Waals surface area contributed by atoms with Gasteiger partial charge in [-0.2, -0.15) is 0 Å². The molecule has 0 aliphatic heterocycles. The topological polar surface area (TPSA) is 61.0 Å². The molecule has 5 heteroatoms. The molecule has 0 aromatic carbocycles. The molecule has 0 radical (unpaired) electrons. The van der Waals surface area contributed by atoms with Crippen LogP contribution < -0.4 is 5.73 Å². The second kappa shape index (κ2) is 5.53. The molecule has 2 N–H and O–H groups in total. The van der Waals surface area contributed by atoms with Crippen molar-refractivity contribution in [3.63, 3.8) is 0 Å². The minimum absolute atomic E-state index is 0.0110. The molecule has 2 aromatic rings. The Labute approximate surface area is 105 Å². The highest BCUT2D eigenvalue weighted by Gasteiger charge is 2.11. The Morgan fingerprint density at radius 3 is 3.00 bits per heavy atom. The standard InChI is InChI=1S/C12H17N3OS/c1-3-9-5-10-11(4-8(13)6-16-2)14-7-15-12(10)17-9/h5,7-8H,3-4,6,13H2,1-2H3. The molecule has 17 heavy (non-hydrogen) atoms. The normalized spacial score (nSPS) is 13.1. The van der Waals surface area contributed by atoms with E-state index in [0.717, 1.165) is 28.8 Å². The molecule has 2 aromatic heterocycles. The Bertz CT molecular complexity index is 497. The molecule has 2 rings (SSSR count). The van der Waals surface area contributed by atoms with E-state index in [9.17, 15) is 0 Å². The summed E-state index contributed by atoms with van der Waals surface area (Å²) < 4.78 is 5.05. The highest BCUT2D eigenvalue weighted by atomic mass is 32.1. The first-order valence-electron chi connectivity index (χ1n) is 5.71. The summed E-state index contributed by atoms with van der Waals surface area (Å²) in [6.07, 6.45) is 3.38. The molecule has 1 unspecified atom stereocenters. The smallest absolute Gasteiger partial charge is 0.127 e. The zero-order valence-electron chi connectivity index (χ0n) is 10.1. The molecule has 1 atom stereocenters. The van der Waals surface area contributed by atoms with Crippen LogP contribution >= 0.6 is 11.3 Å². The average Bonchev–Trinajstić information content (AvgIpc) is 2.73. The van der Waals surface area contributed by atoms with E-state index < -0.39 is 0 Å². The van der Waals surface area contributed by atoms with Crippen LogP contribution in [0, 0.1) is 0 Å². The zero-order chi connectivity index (χ0) is 12.3. The predicted molar refractivity (Wildman–Crippen MR) is 70.3 cm³/mol. The SMILES string of the molecule is CCc1cc2c(CC(N)COC)ncnc2s1. The fourth-order valence-corrected chi connectivity index (χ4v) is 2.77. The summed E-state index contributed by atoms with van der Waals surface area (Å²) in [6, 6.07) is 2.16. The minimum atomic E-state index is -0.0110. The van der Waals surface area contributed by atoms with Crippen LogP contribution in [0.15, 0.2) is 12.4 Å². The Hall–Kier alpha value is -1.04. The Morgan fingerprint density at radius 1 is 1.47 bits per heavy atom. The fourth-order valence-electron chi connectivity index (χ4n) is 1.81. The molecular formula is C12H17N3OS. The number of nitrogens with two attached hydrogens (primary N) is 1. The largest absolute Gasteiger partial charge is 0.383 e. The second-order valence-electron chi connectivity index (χ2n) is 4.03. The van der Waals surface area contributed by atoms with Crippen LogP contribution in [0.5, 0.6) is 0 Å². The summed E-state index contributed by atoms with van der Waals surface area (Å²) in [5.74, 6) is 0. The van der Waals surface area contributed by atoms with E-state index >= 15 is 0 Å². The van der Waals surface area contributed by atoms with Crippen molar-refractivity contribution in [2.24, 2.45) is 5.73 Å². The van der Waals surface area contributed by atoms with E-state index in [4.69, 9.17) is 10.5 Å². The van der Waals surface area contributed by atoms with Gasteiger partial charge < -0.3 is 10.5 Å². The highest BCUT2D eigenvalue weighted by Crippen LogP contribution is 2.26. The summed E-state index contributed by atoms with van der Waals surface area (Å²) in [7, 11) is 1.66. The number of hydrogen-bond acceptors (Lipinski definition) is 5. The number of fused-ring (bicyclic) bond motifs is 1. The van der Waals surface area contributed by atoms with Crippen molar-refractivity contribution in [2.45, 2.75) is 25.8 Å². The molecule has 2 heterocycles. The summed E-state index contributed by atoms with van der Waals surface area (Å²) >= 11 is 1.73. The van der Waals surface area contributed by atoms with Gasteiger partial charge in [-0.15, -0.1) is 11.3 Å². The van der Waals surface area contributed by atoms with Gasteiger partial charge >= 0.3 is 0 Å². The second-order valence-corrected chi connectivity index (χ2v) is 5.14. The van der Waals surface area contributed by atoms with Gasteiger partial charge in [-0.3, -0.25) is 0 Å². The average molecular weight is 251 g/mol. The Kier molecular flexibility index (Phi) is 4.04. The number of rotatable bonds is 5. The lowest BCUT2D eigenvalue weighted by molar-refractivity contribution is 0.180. The van der Waals surface area contributed by atoms with Crippen LogP contribution in [0.3, 0.4) is 0 Å². The third-order valence-electron chi connectivity index (χ3n) is 2.65. The van der Waals surface area contributed by atoms with Crippen molar-refractivity contribution >= 4 is 21.6 Å². The lowest BCUT2D eigenvalue weighted by Crippen LogP contribution is -2.28. The van der Waals surface area contributed by atoms with Gasteiger partial charge in [0.25, 0.3) is 0 Å². The maximum absolute atomic E-state index is 5.96. The number of aromatic nitrogens is 2. The van der Waals surface area contributed by atoms with Crippen LogP contribution in [-0.2, 0) is 17.6 Å². The van der Waals surface area contributed by atoms with Crippen LogP contribution in [0.1, 0.15) is 17.5 Å². The summed E-state index contributed by atoms with van der Waals surface area (Å²) in [5.41, 5.74) is 6.99. The molecule has 0 bridgehead atoms. The van der Waals surface area contributed by atoms with Gasteiger partial charge in [0.1, 0.15) is 11.2 Å². The molecule has 0 saturated carbocycles. The van der Waals surface area contributed by atoms with Crippen molar-refractivity contribution in [1.29, 1.82) is 0 Å². The van der Waals surface area contributed by atoms with Crippen molar-refractivity contribution < 1.29 is 4.74 Å². The van der Waals surface area contributed by atoms with E-state index in [-0.39, 0.29) is 6.04 Å². The van der Waals surface area contributed by atoms with Gasteiger partial charge in [-0.25, -0.2) is 9.97 Å². The number of methoxy groups -OCH3 is 1. The summed E-state index contributed by atoms with van der Waals surface area (Å²) in [4.78, 5) is 11.0. The molecule has 4 nitrogen and oxygen atoms in total. The lowest BCUT2D eigenvalue weighted by Gasteiger charge is -2.09. The van der Waals surface area contributed by atoms with Crippen LogP contribution in [0.25, 0.3) is 10.2 Å². The van der Waals surface area contributed by atoms with Crippen LogP contribution in [0.2, 0.25) is 0 Å². The minimum Gasteiger partial charge on any atom is -0.383 e. The van der Waals surface area contributed by atoms with Crippen molar-refractivity contribution in [1.82, 2.24) is 9.97 Å². The first-order valence-corrected chi connectivity index (χ1v) is 6.53. The molecule has 0 aliphatic carbocycles. The van der Waals surface area contributed by atoms with E-state index in [1.807, 2.05) is 0 Å². The molecule has 0 saturated heterocycles. The summed E-state index contributed by atoms with van der Waals surface area (Å²) in [5, 5.41) is 1.14. The van der Waals surface area contributed by atoms with Gasteiger partial charge in [0, 0.05) is 29.8 Å². The quantitative estimate of drug-likeness (QED) is 0.879. The van der Waals surface area contributed by atoms with Gasteiger partial charge in [-0.1, -0.05) is 6.92 Å². The molecule has 0 spiro atoms. The molecule has 0 amide bonds. The number of hydrogen-bond donors (Lipinski definition) is 1. The maximum Gasteiger partial charge on any atom is 0.127 e. The lowest BCUT2D eigenvalue weighted by atomic mass is 10.1. The number of aryl methyl sites for hydroxylation is 1. The van der Waals surface area contributed by atoms with Gasteiger partial charge in [0.15, 0.2) is 0 Å². The maximum atomic E-state index is 5.96. The number of nitrogens with zero attached hydrogens (tertiary/aromatic N) is 2.